The summed E-state index contributed by atoms with van der Waals surface area (Å²) in [4.78, 5) is 11.0. The highest BCUT2D eigenvalue weighted by Gasteiger charge is 2.20. The van der Waals surface area contributed by atoms with Gasteiger partial charge in [0.2, 0.25) is 0 Å². The summed E-state index contributed by atoms with van der Waals surface area (Å²) in [7, 11) is 0. The third-order valence-electron chi connectivity index (χ3n) is 2.97. The predicted molar refractivity (Wildman–Crippen MR) is 55.7 cm³/mol. The van der Waals surface area contributed by atoms with Gasteiger partial charge in [0.1, 0.15) is 5.78 Å². The van der Waals surface area contributed by atoms with Crippen molar-refractivity contribution >= 4 is 5.78 Å². The number of hydrogen-bond donors (Lipinski definition) is 0. The van der Waals surface area contributed by atoms with Crippen molar-refractivity contribution < 1.29 is 4.79 Å². The van der Waals surface area contributed by atoms with Crippen LogP contribution in [0, 0.1) is 11.3 Å². The fraction of sp³-hybridized carbons (Fsp3) is 0.917. The molecular formula is C12H22O. The SMILES string of the molecule is CC(C)(C)CCC1CCC(=O)CC1. The number of rotatable bonds is 2. The quantitative estimate of drug-likeness (QED) is 0.638. The van der Waals surface area contributed by atoms with Gasteiger partial charge in [0, 0.05) is 12.8 Å². The van der Waals surface area contributed by atoms with Crippen molar-refractivity contribution in [2.45, 2.75) is 59.3 Å². The van der Waals surface area contributed by atoms with Crippen LogP contribution < -0.4 is 0 Å². The minimum atomic E-state index is 0.460. The van der Waals surface area contributed by atoms with Gasteiger partial charge in [0.25, 0.3) is 0 Å². The summed E-state index contributed by atoms with van der Waals surface area (Å²) in [5.74, 6) is 1.31. The highest BCUT2D eigenvalue weighted by atomic mass is 16.1. The molecule has 0 atom stereocenters. The lowest BCUT2D eigenvalue weighted by Crippen LogP contribution is -2.16. The van der Waals surface area contributed by atoms with Crippen molar-refractivity contribution in [3.8, 4) is 0 Å². The van der Waals surface area contributed by atoms with Crippen molar-refractivity contribution in [2.24, 2.45) is 11.3 Å². The zero-order chi connectivity index (χ0) is 9.90. The molecule has 0 aromatic rings. The van der Waals surface area contributed by atoms with E-state index in [4.69, 9.17) is 0 Å². The second-order valence-corrected chi connectivity index (χ2v) is 5.58. The van der Waals surface area contributed by atoms with E-state index in [9.17, 15) is 4.79 Å². The van der Waals surface area contributed by atoms with Crippen LogP contribution in [-0.2, 0) is 4.79 Å². The minimum absolute atomic E-state index is 0.460. The molecule has 0 saturated heterocycles. The standard InChI is InChI=1S/C12H22O/c1-12(2,3)9-8-10-4-6-11(13)7-5-10/h10H,4-9H2,1-3H3. The molecule has 0 heterocycles. The molecule has 0 aromatic heterocycles. The van der Waals surface area contributed by atoms with Gasteiger partial charge >= 0.3 is 0 Å². The first-order chi connectivity index (χ1) is 5.97. The first-order valence-electron chi connectivity index (χ1n) is 5.49. The Morgan fingerprint density at radius 1 is 1.23 bits per heavy atom. The van der Waals surface area contributed by atoms with E-state index in [1.54, 1.807) is 0 Å². The molecule has 13 heavy (non-hydrogen) atoms. The van der Waals surface area contributed by atoms with E-state index < -0.39 is 0 Å². The first-order valence-corrected chi connectivity index (χ1v) is 5.49. The average molecular weight is 182 g/mol. The Morgan fingerprint density at radius 3 is 2.23 bits per heavy atom. The molecule has 0 unspecified atom stereocenters. The molecule has 0 N–H and O–H groups in total. The van der Waals surface area contributed by atoms with Gasteiger partial charge in [-0.1, -0.05) is 20.8 Å². The summed E-state index contributed by atoms with van der Waals surface area (Å²) in [5.41, 5.74) is 0.460. The molecule has 0 aromatic carbocycles. The van der Waals surface area contributed by atoms with E-state index in [2.05, 4.69) is 20.8 Å². The monoisotopic (exact) mass is 182 g/mol. The van der Waals surface area contributed by atoms with Crippen LogP contribution in [0.15, 0.2) is 0 Å². The topological polar surface area (TPSA) is 17.1 Å². The number of ketones is 1. The second-order valence-electron chi connectivity index (χ2n) is 5.58. The number of hydrogen-bond acceptors (Lipinski definition) is 1. The van der Waals surface area contributed by atoms with Crippen LogP contribution in [0.3, 0.4) is 0 Å². The summed E-state index contributed by atoms with van der Waals surface area (Å²) in [6.45, 7) is 6.88. The molecule has 1 saturated carbocycles. The fourth-order valence-electron chi connectivity index (χ4n) is 1.93. The molecule has 1 nitrogen and oxygen atoms in total. The van der Waals surface area contributed by atoms with Gasteiger partial charge < -0.3 is 0 Å². The Kier molecular flexibility index (Phi) is 3.52. The second kappa shape index (κ2) is 4.26. The Bertz CT molecular complexity index is 166. The van der Waals surface area contributed by atoms with E-state index in [0.717, 1.165) is 31.6 Å². The van der Waals surface area contributed by atoms with Crippen LogP contribution in [-0.4, -0.2) is 5.78 Å². The molecule has 0 radical (unpaired) electrons. The van der Waals surface area contributed by atoms with Crippen molar-refractivity contribution in [3.05, 3.63) is 0 Å². The molecule has 1 fully saturated rings. The molecule has 0 spiro atoms. The van der Waals surface area contributed by atoms with Crippen molar-refractivity contribution in [2.75, 3.05) is 0 Å². The molecule has 1 aliphatic carbocycles. The van der Waals surface area contributed by atoms with E-state index >= 15 is 0 Å². The van der Waals surface area contributed by atoms with Gasteiger partial charge in [-0.15, -0.1) is 0 Å². The summed E-state index contributed by atoms with van der Waals surface area (Å²) < 4.78 is 0. The van der Waals surface area contributed by atoms with Crippen LogP contribution in [0.2, 0.25) is 0 Å². The van der Waals surface area contributed by atoms with E-state index in [-0.39, 0.29) is 0 Å². The molecule has 1 heteroatoms. The third kappa shape index (κ3) is 4.44. The zero-order valence-corrected chi connectivity index (χ0v) is 9.23. The molecule has 1 rings (SSSR count). The Hall–Kier alpha value is -0.330. The van der Waals surface area contributed by atoms with Gasteiger partial charge in [0.05, 0.1) is 0 Å². The number of Topliss-reactive ketones (excluding diaryl/α,β-unsaturated/α-hetero) is 1. The Morgan fingerprint density at radius 2 is 1.77 bits per heavy atom. The molecule has 76 valence electrons. The van der Waals surface area contributed by atoms with Crippen LogP contribution in [0.1, 0.15) is 59.3 Å². The maximum atomic E-state index is 11.0. The van der Waals surface area contributed by atoms with E-state index in [1.807, 2.05) is 0 Å². The summed E-state index contributed by atoms with van der Waals surface area (Å²) in [5, 5.41) is 0. The predicted octanol–water partition coefficient (Wildman–Crippen LogP) is 3.57. The van der Waals surface area contributed by atoms with Crippen LogP contribution in [0.25, 0.3) is 0 Å². The smallest absolute Gasteiger partial charge is 0.132 e. The number of carbonyl (C=O) groups excluding carboxylic acids is 1. The molecule has 0 amide bonds. The highest BCUT2D eigenvalue weighted by Crippen LogP contribution is 2.30. The summed E-state index contributed by atoms with van der Waals surface area (Å²) >= 11 is 0. The molecular weight excluding hydrogens is 160 g/mol. The lowest BCUT2D eigenvalue weighted by atomic mass is 9.80. The molecule has 0 aliphatic heterocycles. The first kappa shape index (κ1) is 10.7. The van der Waals surface area contributed by atoms with E-state index in [1.165, 1.54) is 12.8 Å². The highest BCUT2D eigenvalue weighted by molar-refractivity contribution is 5.78. The third-order valence-corrected chi connectivity index (χ3v) is 2.97. The van der Waals surface area contributed by atoms with Gasteiger partial charge in [-0.25, -0.2) is 0 Å². The lowest BCUT2D eigenvalue weighted by molar-refractivity contribution is -0.121. The number of carbonyl (C=O) groups is 1. The van der Waals surface area contributed by atoms with E-state index in [0.29, 0.717) is 11.2 Å². The van der Waals surface area contributed by atoms with Gasteiger partial charge in [-0.3, -0.25) is 4.79 Å². The lowest BCUT2D eigenvalue weighted by Gasteiger charge is -2.25. The maximum absolute atomic E-state index is 11.0. The van der Waals surface area contributed by atoms with Crippen LogP contribution in [0.5, 0.6) is 0 Å². The Labute approximate surface area is 81.9 Å². The summed E-state index contributed by atoms with van der Waals surface area (Å²) in [6, 6.07) is 0. The van der Waals surface area contributed by atoms with Crippen molar-refractivity contribution in [1.82, 2.24) is 0 Å². The Balaban J connectivity index is 2.20. The zero-order valence-electron chi connectivity index (χ0n) is 9.23. The van der Waals surface area contributed by atoms with Crippen LogP contribution >= 0.6 is 0 Å². The molecule has 0 bridgehead atoms. The van der Waals surface area contributed by atoms with Gasteiger partial charge in [-0.2, -0.15) is 0 Å². The van der Waals surface area contributed by atoms with Crippen molar-refractivity contribution in [1.29, 1.82) is 0 Å². The van der Waals surface area contributed by atoms with Gasteiger partial charge in [-0.05, 0) is 37.0 Å². The average Bonchev–Trinajstić information content (AvgIpc) is 2.02. The fourth-order valence-corrected chi connectivity index (χ4v) is 1.93. The molecule has 1 aliphatic rings. The van der Waals surface area contributed by atoms with Crippen molar-refractivity contribution in [3.63, 3.8) is 0 Å². The minimum Gasteiger partial charge on any atom is -0.300 e. The summed E-state index contributed by atoms with van der Waals surface area (Å²) in [6.07, 6.45) is 6.59. The van der Waals surface area contributed by atoms with Crippen LogP contribution in [0.4, 0.5) is 0 Å². The largest absolute Gasteiger partial charge is 0.300 e. The van der Waals surface area contributed by atoms with Gasteiger partial charge in [0.15, 0.2) is 0 Å². The normalized spacial score (nSPS) is 20.7. The maximum Gasteiger partial charge on any atom is 0.132 e.